The molecule has 0 saturated carbocycles. The molecule has 1 aromatic rings. The van der Waals surface area contributed by atoms with Crippen molar-refractivity contribution in [3.8, 4) is 0 Å². The SMILES string of the molecule is N=C=Nc1ccc(Cl)cc1. The quantitative estimate of drug-likeness (QED) is 0.601. The monoisotopic (exact) mass is 152 g/mol. The van der Waals surface area contributed by atoms with Gasteiger partial charge in [-0.1, -0.05) is 11.6 Å². The maximum absolute atomic E-state index is 6.54. The molecule has 2 nitrogen and oxygen atoms in total. The van der Waals surface area contributed by atoms with Gasteiger partial charge < -0.3 is 0 Å². The third-order valence-corrected chi connectivity index (χ3v) is 1.26. The fraction of sp³-hybridized carbons (Fsp3) is 0. The Bertz CT molecular complexity index is 259. The number of nitrogens with one attached hydrogen (secondary N) is 1. The van der Waals surface area contributed by atoms with E-state index >= 15 is 0 Å². The van der Waals surface area contributed by atoms with Crippen LogP contribution >= 0.6 is 11.6 Å². The number of aliphatic imine (C=N–C) groups is 1. The fourth-order valence-corrected chi connectivity index (χ4v) is 0.706. The summed E-state index contributed by atoms with van der Waals surface area (Å²) < 4.78 is 0. The first kappa shape index (κ1) is 7.00. The topological polar surface area (TPSA) is 36.2 Å². The molecule has 0 bridgehead atoms. The first-order chi connectivity index (χ1) is 4.83. The minimum absolute atomic E-state index is 0.670. The molecule has 0 aliphatic heterocycles. The summed E-state index contributed by atoms with van der Waals surface area (Å²) in [5.41, 5.74) is 0.694. The van der Waals surface area contributed by atoms with Gasteiger partial charge in [0.1, 0.15) is 0 Å². The zero-order valence-electron chi connectivity index (χ0n) is 5.13. The summed E-state index contributed by atoms with van der Waals surface area (Å²) in [6, 6.07) is 8.83. The number of nitrogens with zero attached hydrogens (tertiary/aromatic N) is 1. The van der Waals surface area contributed by atoms with E-state index in [9.17, 15) is 0 Å². The lowest BCUT2D eigenvalue weighted by molar-refractivity contribution is 1.49. The number of benzene rings is 1. The van der Waals surface area contributed by atoms with E-state index in [-0.39, 0.29) is 0 Å². The van der Waals surface area contributed by atoms with E-state index in [0.29, 0.717) is 10.7 Å². The van der Waals surface area contributed by atoms with Gasteiger partial charge >= 0.3 is 0 Å². The smallest absolute Gasteiger partial charge is 0.0918 e. The average molecular weight is 153 g/mol. The third-order valence-electron chi connectivity index (χ3n) is 1.01. The maximum atomic E-state index is 6.54. The zero-order valence-corrected chi connectivity index (χ0v) is 5.89. The predicted molar refractivity (Wildman–Crippen MR) is 41.3 cm³/mol. The van der Waals surface area contributed by atoms with Crippen LogP contribution in [0.4, 0.5) is 5.69 Å². The molecule has 0 saturated heterocycles. The summed E-state index contributed by atoms with van der Waals surface area (Å²) in [4.78, 5) is 3.61. The van der Waals surface area contributed by atoms with Crippen molar-refractivity contribution < 1.29 is 0 Å². The highest BCUT2D eigenvalue weighted by molar-refractivity contribution is 6.30. The van der Waals surface area contributed by atoms with E-state index in [2.05, 4.69) is 4.99 Å². The van der Waals surface area contributed by atoms with Crippen LogP contribution in [0.1, 0.15) is 0 Å². The van der Waals surface area contributed by atoms with Gasteiger partial charge in [-0.2, -0.15) is 4.99 Å². The number of hydrogen-bond acceptors (Lipinski definition) is 2. The van der Waals surface area contributed by atoms with Crippen molar-refractivity contribution in [3.63, 3.8) is 0 Å². The van der Waals surface area contributed by atoms with Crippen LogP contribution in [0.15, 0.2) is 29.3 Å². The summed E-state index contributed by atoms with van der Waals surface area (Å²) in [5, 5.41) is 7.21. The molecule has 0 amide bonds. The van der Waals surface area contributed by atoms with Crippen molar-refractivity contribution >= 4 is 23.3 Å². The molecule has 1 N–H and O–H groups in total. The summed E-state index contributed by atoms with van der Waals surface area (Å²) >= 11 is 5.60. The first-order valence-electron chi connectivity index (χ1n) is 2.71. The van der Waals surface area contributed by atoms with Gasteiger partial charge in [0.05, 0.1) is 11.7 Å². The summed E-state index contributed by atoms with van der Waals surface area (Å²) in [5.74, 6) is 0. The van der Waals surface area contributed by atoms with Crippen LogP contribution in [-0.4, -0.2) is 6.01 Å². The maximum Gasteiger partial charge on any atom is 0.0918 e. The van der Waals surface area contributed by atoms with Crippen molar-refractivity contribution in [2.24, 2.45) is 4.99 Å². The van der Waals surface area contributed by atoms with Gasteiger partial charge in [-0.3, -0.25) is 0 Å². The Morgan fingerprint density at radius 2 is 1.90 bits per heavy atom. The Morgan fingerprint density at radius 1 is 1.30 bits per heavy atom. The van der Waals surface area contributed by atoms with Crippen LogP contribution in [-0.2, 0) is 0 Å². The lowest BCUT2D eigenvalue weighted by Gasteiger charge is -1.88. The highest BCUT2D eigenvalue weighted by Gasteiger charge is 1.86. The molecule has 0 atom stereocenters. The van der Waals surface area contributed by atoms with Crippen LogP contribution in [0, 0.1) is 5.41 Å². The molecule has 10 heavy (non-hydrogen) atoms. The Kier molecular flexibility index (Phi) is 2.21. The van der Waals surface area contributed by atoms with Crippen molar-refractivity contribution in [1.29, 1.82) is 5.41 Å². The van der Waals surface area contributed by atoms with Crippen molar-refractivity contribution in [1.82, 2.24) is 0 Å². The summed E-state index contributed by atoms with van der Waals surface area (Å²) in [6.45, 7) is 0. The lowest BCUT2D eigenvalue weighted by Crippen LogP contribution is -1.62. The minimum atomic E-state index is 0.670. The molecule has 0 unspecified atom stereocenters. The Morgan fingerprint density at radius 3 is 2.40 bits per heavy atom. The van der Waals surface area contributed by atoms with Crippen LogP contribution in [0.2, 0.25) is 5.02 Å². The molecule has 1 aromatic carbocycles. The van der Waals surface area contributed by atoms with Crippen molar-refractivity contribution in [3.05, 3.63) is 29.3 Å². The average Bonchev–Trinajstić information content (AvgIpc) is 1.95. The summed E-state index contributed by atoms with van der Waals surface area (Å²) in [6.07, 6.45) is 0. The van der Waals surface area contributed by atoms with Gasteiger partial charge in [0.2, 0.25) is 0 Å². The van der Waals surface area contributed by atoms with Gasteiger partial charge in [0.15, 0.2) is 0 Å². The van der Waals surface area contributed by atoms with Crippen LogP contribution in [0.5, 0.6) is 0 Å². The molecule has 0 spiro atoms. The van der Waals surface area contributed by atoms with E-state index in [4.69, 9.17) is 17.0 Å². The molecule has 1 rings (SSSR count). The normalized spacial score (nSPS) is 8.50. The lowest BCUT2D eigenvalue weighted by atomic mass is 10.3. The highest BCUT2D eigenvalue weighted by Crippen LogP contribution is 2.14. The second-order valence-corrected chi connectivity index (χ2v) is 2.14. The Hall–Kier alpha value is -1.11. The van der Waals surface area contributed by atoms with E-state index in [1.165, 1.54) is 0 Å². The molecule has 0 heterocycles. The van der Waals surface area contributed by atoms with E-state index in [1.54, 1.807) is 24.3 Å². The molecule has 0 aliphatic rings. The van der Waals surface area contributed by atoms with Gasteiger partial charge in [-0.05, 0) is 24.3 Å². The van der Waals surface area contributed by atoms with Crippen molar-refractivity contribution in [2.45, 2.75) is 0 Å². The molecular formula is C7H5ClN2. The molecule has 0 fully saturated rings. The predicted octanol–water partition coefficient (Wildman–Crippen LogP) is 2.72. The first-order valence-corrected chi connectivity index (χ1v) is 3.09. The largest absolute Gasteiger partial charge is 0.241 e. The Labute approximate surface area is 63.7 Å². The van der Waals surface area contributed by atoms with Gasteiger partial charge in [-0.25, -0.2) is 5.41 Å². The van der Waals surface area contributed by atoms with Gasteiger partial charge in [0, 0.05) is 5.02 Å². The molecule has 0 radical (unpaired) electrons. The van der Waals surface area contributed by atoms with Crippen LogP contribution in [0.25, 0.3) is 0 Å². The zero-order chi connectivity index (χ0) is 7.40. The molecular weight excluding hydrogens is 148 g/mol. The van der Waals surface area contributed by atoms with E-state index in [1.807, 2.05) is 6.01 Å². The molecule has 3 heteroatoms. The van der Waals surface area contributed by atoms with Crippen molar-refractivity contribution in [2.75, 3.05) is 0 Å². The standard InChI is InChI=1S/C7H5ClN2/c8-6-1-3-7(4-2-6)10-5-9/h1-4,9H. The van der Waals surface area contributed by atoms with Crippen LogP contribution in [0.3, 0.4) is 0 Å². The third kappa shape index (κ3) is 1.69. The second kappa shape index (κ2) is 3.16. The second-order valence-electron chi connectivity index (χ2n) is 1.70. The Balaban J connectivity index is 3.00. The number of hydrogen-bond donors (Lipinski definition) is 1. The van der Waals surface area contributed by atoms with E-state index < -0.39 is 0 Å². The summed E-state index contributed by atoms with van der Waals surface area (Å²) in [7, 11) is 0. The van der Waals surface area contributed by atoms with Gasteiger partial charge in [0.25, 0.3) is 0 Å². The minimum Gasteiger partial charge on any atom is -0.241 e. The molecule has 0 aromatic heterocycles. The van der Waals surface area contributed by atoms with E-state index in [0.717, 1.165) is 0 Å². The number of rotatable bonds is 1. The molecule has 50 valence electrons. The van der Waals surface area contributed by atoms with Gasteiger partial charge in [-0.15, -0.1) is 0 Å². The fourth-order valence-electron chi connectivity index (χ4n) is 0.580. The highest BCUT2D eigenvalue weighted by atomic mass is 35.5. The molecule has 0 aliphatic carbocycles. The van der Waals surface area contributed by atoms with Crippen LogP contribution < -0.4 is 0 Å². The number of halogens is 1.